The summed E-state index contributed by atoms with van der Waals surface area (Å²) in [5.74, 6) is -0.707. The number of anilines is 1. The first kappa shape index (κ1) is 16.0. The van der Waals surface area contributed by atoms with Crippen LogP contribution < -0.4 is 11.1 Å². The van der Waals surface area contributed by atoms with E-state index in [-0.39, 0.29) is 30.3 Å². The topological polar surface area (TPSA) is 70.7 Å². The van der Waals surface area contributed by atoms with Crippen molar-refractivity contribution < 1.29 is 13.6 Å². The van der Waals surface area contributed by atoms with Crippen LogP contribution in [0.1, 0.15) is 21.7 Å². The average Bonchev–Trinajstić information content (AvgIpc) is 3.11. The molecule has 2 aliphatic heterocycles. The number of hydrogen-bond donors (Lipinski definition) is 2. The molecule has 1 fully saturated rings. The van der Waals surface area contributed by atoms with Crippen LogP contribution in [-0.4, -0.2) is 41.6 Å². The van der Waals surface area contributed by atoms with Gasteiger partial charge >= 0.3 is 0 Å². The van der Waals surface area contributed by atoms with Crippen LogP contribution in [0.15, 0.2) is 40.7 Å². The van der Waals surface area contributed by atoms with E-state index in [0.29, 0.717) is 17.1 Å². The molecule has 1 aromatic carbocycles. The number of carbonyl (C=O) groups excluding carboxylic acids is 1. The highest BCUT2D eigenvalue weighted by molar-refractivity contribution is 7.12. The summed E-state index contributed by atoms with van der Waals surface area (Å²) < 4.78 is 29.0. The SMILES string of the molecule is NC1=NC2(CCN(C(=O)c3cccs3)CC2F)Nc2cccc(F)c21. The zero-order valence-corrected chi connectivity index (χ0v) is 14.0. The first-order chi connectivity index (χ1) is 12.0. The molecule has 1 saturated heterocycles. The molecule has 0 bridgehead atoms. The van der Waals surface area contributed by atoms with Gasteiger partial charge in [0.1, 0.15) is 11.7 Å². The van der Waals surface area contributed by atoms with E-state index in [1.165, 1.54) is 28.4 Å². The van der Waals surface area contributed by atoms with E-state index in [1.54, 1.807) is 18.2 Å². The van der Waals surface area contributed by atoms with Gasteiger partial charge in [-0.05, 0) is 23.6 Å². The van der Waals surface area contributed by atoms with Crippen molar-refractivity contribution in [1.82, 2.24) is 4.90 Å². The Kier molecular flexibility index (Phi) is 3.72. The summed E-state index contributed by atoms with van der Waals surface area (Å²) in [6.45, 7) is 0.247. The second-order valence-electron chi connectivity index (χ2n) is 6.15. The number of halogens is 2. The van der Waals surface area contributed by atoms with Crippen LogP contribution >= 0.6 is 11.3 Å². The molecule has 2 unspecified atom stereocenters. The van der Waals surface area contributed by atoms with Crippen molar-refractivity contribution in [2.45, 2.75) is 18.3 Å². The number of likely N-dealkylation sites (tertiary alicyclic amines) is 1. The van der Waals surface area contributed by atoms with Crippen LogP contribution in [0.3, 0.4) is 0 Å². The lowest BCUT2D eigenvalue weighted by atomic mass is 9.92. The number of fused-ring (bicyclic) bond motifs is 1. The number of carbonyl (C=O) groups is 1. The molecule has 3 heterocycles. The van der Waals surface area contributed by atoms with Crippen LogP contribution in [0.4, 0.5) is 14.5 Å². The number of amides is 1. The maximum Gasteiger partial charge on any atom is 0.264 e. The fraction of sp³-hybridized carbons (Fsp3) is 0.294. The Hall–Kier alpha value is -2.48. The van der Waals surface area contributed by atoms with Crippen molar-refractivity contribution in [1.29, 1.82) is 0 Å². The Balaban J connectivity index is 1.60. The van der Waals surface area contributed by atoms with Gasteiger partial charge in [-0.25, -0.2) is 13.8 Å². The number of benzene rings is 1. The Morgan fingerprint density at radius 1 is 1.40 bits per heavy atom. The molecule has 130 valence electrons. The van der Waals surface area contributed by atoms with E-state index in [9.17, 15) is 9.18 Å². The van der Waals surface area contributed by atoms with Gasteiger partial charge in [-0.1, -0.05) is 12.1 Å². The van der Waals surface area contributed by atoms with Crippen LogP contribution in [-0.2, 0) is 0 Å². The van der Waals surface area contributed by atoms with Gasteiger partial charge in [0.15, 0.2) is 11.8 Å². The second kappa shape index (κ2) is 5.80. The molecule has 1 spiro atoms. The number of rotatable bonds is 1. The number of thiophene rings is 1. The summed E-state index contributed by atoms with van der Waals surface area (Å²) >= 11 is 1.33. The number of aliphatic imine (C=N–C) groups is 1. The fourth-order valence-corrected chi connectivity index (χ4v) is 4.02. The number of nitrogens with one attached hydrogen (secondary N) is 1. The lowest BCUT2D eigenvalue weighted by Crippen LogP contribution is -2.59. The van der Waals surface area contributed by atoms with Crippen LogP contribution in [0, 0.1) is 5.82 Å². The Bertz CT molecular complexity index is 854. The molecule has 1 amide bonds. The van der Waals surface area contributed by atoms with E-state index in [2.05, 4.69) is 10.3 Å². The van der Waals surface area contributed by atoms with Gasteiger partial charge in [0.05, 0.1) is 17.0 Å². The molecule has 2 atom stereocenters. The number of alkyl halides is 1. The Labute approximate surface area is 147 Å². The highest BCUT2D eigenvalue weighted by Gasteiger charge is 2.47. The molecule has 2 aromatic rings. The van der Waals surface area contributed by atoms with Gasteiger partial charge in [0, 0.05) is 18.7 Å². The standard InChI is InChI=1S/C17H16F2N4OS/c18-10-3-1-4-11-14(10)15(20)22-17(21-11)6-7-23(9-13(17)19)16(24)12-5-2-8-25-12/h1-5,8,13,21H,6-7,9H2,(H2,20,22). The molecular weight excluding hydrogens is 346 g/mol. The molecule has 3 N–H and O–H groups in total. The third-order valence-electron chi connectivity index (χ3n) is 4.62. The van der Waals surface area contributed by atoms with Crippen LogP contribution in [0.2, 0.25) is 0 Å². The molecule has 8 heteroatoms. The third kappa shape index (κ3) is 2.57. The van der Waals surface area contributed by atoms with E-state index < -0.39 is 17.7 Å². The predicted octanol–water partition coefficient (Wildman–Crippen LogP) is 2.60. The average molecular weight is 362 g/mol. The van der Waals surface area contributed by atoms with Crippen LogP contribution in [0.25, 0.3) is 0 Å². The normalized spacial score (nSPS) is 25.3. The van der Waals surface area contributed by atoms with Crippen molar-refractivity contribution in [3.8, 4) is 0 Å². The van der Waals surface area contributed by atoms with Gasteiger partial charge in [-0.15, -0.1) is 11.3 Å². The van der Waals surface area contributed by atoms with Gasteiger partial charge < -0.3 is 16.0 Å². The molecule has 0 aliphatic carbocycles. The quantitative estimate of drug-likeness (QED) is 0.819. The zero-order chi connectivity index (χ0) is 17.6. The first-order valence-electron chi connectivity index (χ1n) is 7.89. The van der Waals surface area contributed by atoms with Gasteiger partial charge in [-0.3, -0.25) is 4.79 Å². The van der Waals surface area contributed by atoms with Crippen molar-refractivity contribution in [3.05, 3.63) is 52.0 Å². The van der Waals surface area contributed by atoms with E-state index in [4.69, 9.17) is 5.73 Å². The molecule has 0 saturated carbocycles. The number of piperidine rings is 1. The Morgan fingerprint density at radius 2 is 2.24 bits per heavy atom. The van der Waals surface area contributed by atoms with Crippen molar-refractivity contribution in [3.63, 3.8) is 0 Å². The molecule has 1 aromatic heterocycles. The maximum absolute atomic E-state index is 15.0. The minimum Gasteiger partial charge on any atom is -0.383 e. The summed E-state index contributed by atoms with van der Waals surface area (Å²) in [7, 11) is 0. The van der Waals surface area contributed by atoms with Crippen molar-refractivity contribution in [2.24, 2.45) is 10.7 Å². The fourth-order valence-electron chi connectivity index (χ4n) is 3.33. The van der Waals surface area contributed by atoms with Crippen molar-refractivity contribution >= 4 is 28.8 Å². The smallest absolute Gasteiger partial charge is 0.264 e. The maximum atomic E-state index is 15.0. The van der Waals surface area contributed by atoms with Crippen LogP contribution in [0.5, 0.6) is 0 Å². The summed E-state index contributed by atoms with van der Waals surface area (Å²) in [6.07, 6.45) is -1.21. The molecule has 0 radical (unpaired) electrons. The molecule has 25 heavy (non-hydrogen) atoms. The van der Waals surface area contributed by atoms with E-state index in [0.717, 1.165) is 0 Å². The molecule has 4 rings (SSSR count). The van der Waals surface area contributed by atoms with Gasteiger partial charge in [-0.2, -0.15) is 0 Å². The molecule has 5 nitrogen and oxygen atoms in total. The summed E-state index contributed by atoms with van der Waals surface area (Å²) in [5.41, 5.74) is 5.23. The van der Waals surface area contributed by atoms with Gasteiger partial charge in [0.25, 0.3) is 5.91 Å². The predicted molar refractivity (Wildman–Crippen MR) is 93.2 cm³/mol. The number of nitrogens with zero attached hydrogens (tertiary/aromatic N) is 2. The lowest BCUT2D eigenvalue weighted by Gasteiger charge is -2.44. The molecular formula is C17H16F2N4OS. The lowest BCUT2D eigenvalue weighted by molar-refractivity contribution is 0.0499. The minimum absolute atomic E-state index is 0.0208. The summed E-state index contributed by atoms with van der Waals surface area (Å²) in [5, 5.41) is 4.82. The largest absolute Gasteiger partial charge is 0.383 e. The highest BCUT2D eigenvalue weighted by Crippen LogP contribution is 2.37. The monoisotopic (exact) mass is 362 g/mol. The number of amidine groups is 1. The number of hydrogen-bond acceptors (Lipinski definition) is 5. The third-order valence-corrected chi connectivity index (χ3v) is 5.48. The zero-order valence-electron chi connectivity index (χ0n) is 13.2. The van der Waals surface area contributed by atoms with Crippen molar-refractivity contribution in [2.75, 3.05) is 18.4 Å². The Morgan fingerprint density at radius 3 is 2.96 bits per heavy atom. The summed E-state index contributed by atoms with van der Waals surface area (Å²) in [4.78, 5) is 18.7. The summed E-state index contributed by atoms with van der Waals surface area (Å²) in [6, 6.07) is 7.98. The second-order valence-corrected chi connectivity index (χ2v) is 7.10. The number of nitrogens with two attached hydrogens (primary N) is 1. The highest BCUT2D eigenvalue weighted by atomic mass is 32.1. The van der Waals surface area contributed by atoms with E-state index >= 15 is 4.39 Å². The molecule has 2 aliphatic rings. The van der Waals surface area contributed by atoms with E-state index in [1.807, 2.05) is 5.38 Å². The minimum atomic E-state index is -1.46. The van der Waals surface area contributed by atoms with Gasteiger partial charge in [0.2, 0.25) is 0 Å². The first-order valence-corrected chi connectivity index (χ1v) is 8.77.